The van der Waals surface area contributed by atoms with Crippen LogP contribution in [0.2, 0.25) is 0 Å². The van der Waals surface area contributed by atoms with Crippen molar-refractivity contribution in [3.63, 3.8) is 0 Å². The SMILES string of the molecule is C#CC(=O)c1cc(OC)c(OC)c(OC)c1Br. The number of carbonyl (C=O) groups excluding carboxylic acids is 1. The van der Waals surface area contributed by atoms with Crippen molar-refractivity contribution in [1.82, 2.24) is 0 Å². The number of ether oxygens (including phenoxy) is 3. The van der Waals surface area contributed by atoms with E-state index >= 15 is 0 Å². The minimum atomic E-state index is -0.462. The van der Waals surface area contributed by atoms with Crippen molar-refractivity contribution in [3.8, 4) is 29.6 Å². The molecule has 0 unspecified atom stereocenters. The zero-order chi connectivity index (χ0) is 13.0. The highest BCUT2D eigenvalue weighted by Gasteiger charge is 2.21. The predicted octanol–water partition coefficient (Wildman–Crippen LogP) is 2.29. The number of ketones is 1. The fourth-order valence-corrected chi connectivity index (χ4v) is 2.00. The van der Waals surface area contributed by atoms with Gasteiger partial charge in [-0.15, -0.1) is 6.42 Å². The Morgan fingerprint density at radius 3 is 2.24 bits per heavy atom. The summed E-state index contributed by atoms with van der Waals surface area (Å²) in [5.41, 5.74) is 0.294. The van der Waals surface area contributed by atoms with Crippen LogP contribution in [-0.4, -0.2) is 27.1 Å². The van der Waals surface area contributed by atoms with Crippen LogP contribution in [0.25, 0.3) is 0 Å². The molecule has 4 nitrogen and oxygen atoms in total. The Bertz CT molecular complexity index is 488. The molecular weight excluding hydrogens is 288 g/mol. The molecule has 0 aliphatic carbocycles. The van der Waals surface area contributed by atoms with E-state index in [9.17, 15) is 4.79 Å². The van der Waals surface area contributed by atoms with Crippen LogP contribution in [0.1, 0.15) is 10.4 Å². The molecule has 0 bridgehead atoms. The van der Waals surface area contributed by atoms with E-state index in [2.05, 4.69) is 15.9 Å². The van der Waals surface area contributed by atoms with Gasteiger partial charge in [0.15, 0.2) is 11.5 Å². The first-order valence-corrected chi connectivity index (χ1v) is 5.39. The Morgan fingerprint density at radius 1 is 1.24 bits per heavy atom. The third-order valence-corrected chi connectivity index (χ3v) is 2.93. The van der Waals surface area contributed by atoms with Gasteiger partial charge >= 0.3 is 0 Å². The summed E-state index contributed by atoms with van der Waals surface area (Å²) < 4.78 is 15.9. The monoisotopic (exact) mass is 298 g/mol. The van der Waals surface area contributed by atoms with Crippen molar-refractivity contribution in [1.29, 1.82) is 0 Å². The number of benzene rings is 1. The highest BCUT2D eigenvalue weighted by atomic mass is 79.9. The minimum absolute atomic E-state index is 0.294. The lowest BCUT2D eigenvalue weighted by Crippen LogP contribution is -2.02. The molecule has 0 heterocycles. The van der Waals surface area contributed by atoms with Gasteiger partial charge in [-0.25, -0.2) is 0 Å². The van der Waals surface area contributed by atoms with Crippen molar-refractivity contribution in [2.24, 2.45) is 0 Å². The summed E-state index contributed by atoms with van der Waals surface area (Å²) in [7, 11) is 4.41. The highest BCUT2D eigenvalue weighted by molar-refractivity contribution is 9.10. The normalized spacial score (nSPS) is 9.35. The van der Waals surface area contributed by atoms with Crippen molar-refractivity contribution in [2.75, 3.05) is 21.3 Å². The molecule has 0 atom stereocenters. The lowest BCUT2D eigenvalue weighted by atomic mass is 10.1. The van der Waals surface area contributed by atoms with Crippen molar-refractivity contribution < 1.29 is 19.0 Å². The minimum Gasteiger partial charge on any atom is -0.493 e. The Balaban J connectivity index is 3.57. The van der Waals surface area contributed by atoms with E-state index in [1.807, 2.05) is 5.92 Å². The van der Waals surface area contributed by atoms with E-state index in [1.54, 1.807) is 0 Å². The van der Waals surface area contributed by atoms with Crippen LogP contribution in [0.15, 0.2) is 10.5 Å². The van der Waals surface area contributed by atoms with Gasteiger partial charge in [0.05, 0.1) is 31.4 Å². The van der Waals surface area contributed by atoms with Crippen LogP contribution in [0.3, 0.4) is 0 Å². The van der Waals surface area contributed by atoms with Crippen LogP contribution in [0, 0.1) is 12.3 Å². The first kappa shape index (κ1) is 13.4. The van der Waals surface area contributed by atoms with E-state index < -0.39 is 5.78 Å². The molecule has 5 heteroatoms. The average Bonchev–Trinajstić information content (AvgIpc) is 2.36. The second-order valence-electron chi connectivity index (χ2n) is 2.98. The molecule has 0 saturated carbocycles. The van der Waals surface area contributed by atoms with Gasteiger partial charge in [-0.3, -0.25) is 4.79 Å². The summed E-state index contributed by atoms with van der Waals surface area (Å²) in [5.74, 6) is 2.72. The first-order chi connectivity index (χ1) is 8.10. The molecule has 0 N–H and O–H groups in total. The fraction of sp³-hybridized carbons (Fsp3) is 0.250. The number of rotatable bonds is 4. The third-order valence-electron chi connectivity index (χ3n) is 2.15. The third kappa shape index (κ3) is 2.37. The number of methoxy groups -OCH3 is 3. The molecule has 0 saturated heterocycles. The van der Waals surface area contributed by atoms with Crippen molar-refractivity contribution in [2.45, 2.75) is 0 Å². The lowest BCUT2D eigenvalue weighted by Gasteiger charge is -2.15. The second-order valence-corrected chi connectivity index (χ2v) is 3.77. The lowest BCUT2D eigenvalue weighted by molar-refractivity contribution is 0.105. The van der Waals surface area contributed by atoms with E-state index in [0.717, 1.165) is 0 Å². The molecule has 0 fully saturated rings. The van der Waals surface area contributed by atoms with Crippen LogP contribution in [0.5, 0.6) is 17.2 Å². The summed E-state index contributed by atoms with van der Waals surface area (Å²) in [6, 6.07) is 1.51. The molecule has 0 aliphatic rings. The summed E-state index contributed by atoms with van der Waals surface area (Å²) in [6.07, 6.45) is 5.09. The number of carbonyl (C=O) groups is 1. The molecular formula is C12H11BrO4. The highest BCUT2D eigenvalue weighted by Crippen LogP contribution is 2.44. The number of hydrogen-bond donors (Lipinski definition) is 0. The molecule has 1 aromatic rings. The maximum Gasteiger partial charge on any atom is 0.237 e. The van der Waals surface area contributed by atoms with Gasteiger partial charge in [-0.05, 0) is 27.9 Å². The quantitative estimate of drug-likeness (QED) is 0.486. The van der Waals surface area contributed by atoms with Gasteiger partial charge in [0.1, 0.15) is 0 Å². The van der Waals surface area contributed by atoms with Crippen LogP contribution in [0.4, 0.5) is 0 Å². The van der Waals surface area contributed by atoms with Crippen LogP contribution >= 0.6 is 15.9 Å². The average molecular weight is 299 g/mol. The zero-order valence-corrected chi connectivity index (χ0v) is 11.3. The van der Waals surface area contributed by atoms with Crippen LogP contribution in [-0.2, 0) is 0 Å². The van der Waals surface area contributed by atoms with Crippen molar-refractivity contribution in [3.05, 3.63) is 16.1 Å². The Hall–Kier alpha value is -1.67. The summed E-state index contributed by atoms with van der Waals surface area (Å²) in [5, 5.41) is 0. The Labute approximate surface area is 108 Å². The smallest absolute Gasteiger partial charge is 0.237 e. The molecule has 0 aliphatic heterocycles. The fourth-order valence-electron chi connectivity index (χ4n) is 1.36. The van der Waals surface area contributed by atoms with Crippen molar-refractivity contribution >= 4 is 21.7 Å². The maximum absolute atomic E-state index is 11.6. The van der Waals surface area contributed by atoms with Crippen LogP contribution < -0.4 is 14.2 Å². The summed E-state index contributed by atoms with van der Waals surface area (Å²) in [4.78, 5) is 11.6. The molecule has 1 aromatic carbocycles. The molecule has 1 rings (SSSR count). The number of halogens is 1. The Kier molecular flexibility index (Phi) is 4.41. The second kappa shape index (κ2) is 5.60. The van der Waals surface area contributed by atoms with Gasteiger partial charge < -0.3 is 14.2 Å². The maximum atomic E-state index is 11.6. The predicted molar refractivity (Wildman–Crippen MR) is 67.0 cm³/mol. The molecule has 0 radical (unpaired) electrons. The van der Waals surface area contributed by atoms with E-state index in [4.69, 9.17) is 20.6 Å². The number of terminal acetylenes is 1. The van der Waals surface area contributed by atoms with Gasteiger partial charge in [0.25, 0.3) is 0 Å². The Morgan fingerprint density at radius 2 is 1.82 bits per heavy atom. The van der Waals surface area contributed by atoms with E-state index in [1.165, 1.54) is 27.4 Å². The molecule has 0 amide bonds. The zero-order valence-electron chi connectivity index (χ0n) is 9.67. The van der Waals surface area contributed by atoms with Gasteiger partial charge in [0, 0.05) is 0 Å². The number of hydrogen-bond acceptors (Lipinski definition) is 4. The molecule has 0 aromatic heterocycles. The summed E-state index contributed by atoms with van der Waals surface area (Å²) in [6.45, 7) is 0. The molecule has 90 valence electrons. The topological polar surface area (TPSA) is 44.8 Å². The standard InChI is InChI=1S/C12H11BrO4/c1-5-8(14)7-6-9(15-2)11(16-3)12(17-4)10(7)13/h1,6H,2-4H3. The van der Waals surface area contributed by atoms with Gasteiger partial charge in [0.2, 0.25) is 11.5 Å². The van der Waals surface area contributed by atoms with Gasteiger partial charge in [-0.2, -0.15) is 0 Å². The molecule has 17 heavy (non-hydrogen) atoms. The van der Waals surface area contributed by atoms with E-state index in [-0.39, 0.29) is 0 Å². The largest absolute Gasteiger partial charge is 0.493 e. The summed E-state index contributed by atoms with van der Waals surface area (Å²) >= 11 is 3.26. The van der Waals surface area contributed by atoms with E-state index in [0.29, 0.717) is 27.3 Å². The first-order valence-electron chi connectivity index (χ1n) is 4.60. The van der Waals surface area contributed by atoms with Gasteiger partial charge in [-0.1, -0.05) is 0 Å². The number of Topliss-reactive ketones (excluding diaryl/α,β-unsaturated/α-hetero) is 1. The molecule has 0 spiro atoms.